The number of carbonyl (C=O) groups excluding carboxylic acids is 1. The monoisotopic (exact) mass is 405 g/mol. The van der Waals surface area contributed by atoms with Gasteiger partial charge in [0.05, 0.1) is 4.90 Å². The van der Waals surface area contributed by atoms with Crippen molar-refractivity contribution in [2.45, 2.75) is 24.3 Å². The molecule has 0 radical (unpaired) electrons. The van der Waals surface area contributed by atoms with Gasteiger partial charge in [-0.1, -0.05) is 12.1 Å². The molecule has 1 unspecified atom stereocenters. The molecule has 0 fully saturated rings. The first kappa shape index (κ1) is 20.4. The van der Waals surface area contributed by atoms with E-state index < -0.39 is 10.0 Å². The number of nitrogens with zero attached hydrogens (tertiary/aromatic N) is 2. The van der Waals surface area contributed by atoms with Gasteiger partial charge in [-0.05, 0) is 62.0 Å². The zero-order valence-electron chi connectivity index (χ0n) is 16.1. The summed E-state index contributed by atoms with van der Waals surface area (Å²) >= 11 is 0. The van der Waals surface area contributed by atoms with Crippen molar-refractivity contribution < 1.29 is 17.6 Å². The second-order valence-electron chi connectivity index (χ2n) is 7.09. The quantitative estimate of drug-likeness (QED) is 0.801. The predicted octanol–water partition coefficient (Wildman–Crippen LogP) is 2.32. The third-order valence-corrected chi connectivity index (χ3v) is 6.40. The molecule has 6 nitrogen and oxygen atoms in total. The van der Waals surface area contributed by atoms with E-state index >= 15 is 0 Å². The Balaban J connectivity index is 1.78. The minimum atomic E-state index is -3.72. The molecule has 0 aromatic heterocycles. The number of carbonyl (C=O) groups is 1. The van der Waals surface area contributed by atoms with Gasteiger partial charge in [0, 0.05) is 31.7 Å². The first-order valence-electron chi connectivity index (χ1n) is 9.01. The van der Waals surface area contributed by atoms with Crippen LogP contribution in [0.1, 0.15) is 24.1 Å². The average molecular weight is 405 g/mol. The van der Waals surface area contributed by atoms with Gasteiger partial charge >= 0.3 is 0 Å². The molecule has 1 atom stereocenters. The minimum Gasteiger partial charge on any atom is -0.312 e. The molecule has 2 aromatic rings. The van der Waals surface area contributed by atoms with Gasteiger partial charge in [0.1, 0.15) is 5.82 Å². The first-order chi connectivity index (χ1) is 13.2. The Hall–Kier alpha value is -2.29. The molecular weight excluding hydrogens is 381 g/mol. The molecule has 0 aliphatic carbocycles. The fraction of sp³-hybridized carbons (Fsp3) is 0.350. The summed E-state index contributed by atoms with van der Waals surface area (Å²) in [5.74, 6) is -0.389. The number of nitrogens with one attached hydrogen (secondary N) is 1. The summed E-state index contributed by atoms with van der Waals surface area (Å²) < 4.78 is 41.4. The molecule has 28 heavy (non-hydrogen) atoms. The SMILES string of the molecule is CC(=O)N1CCc2cc(S(=O)(=O)NCC(c3ccc(F)cc3)N(C)C)ccc21. The largest absolute Gasteiger partial charge is 0.312 e. The van der Waals surface area contributed by atoms with E-state index in [0.29, 0.717) is 13.0 Å². The van der Waals surface area contributed by atoms with Gasteiger partial charge < -0.3 is 9.80 Å². The van der Waals surface area contributed by atoms with Crippen LogP contribution in [0.3, 0.4) is 0 Å². The number of rotatable bonds is 6. The van der Waals surface area contributed by atoms with Crippen molar-refractivity contribution in [3.05, 3.63) is 59.4 Å². The number of fused-ring (bicyclic) bond motifs is 1. The van der Waals surface area contributed by atoms with E-state index in [2.05, 4.69) is 4.72 Å². The third-order valence-electron chi connectivity index (χ3n) is 4.98. The van der Waals surface area contributed by atoms with E-state index in [9.17, 15) is 17.6 Å². The smallest absolute Gasteiger partial charge is 0.240 e. The van der Waals surface area contributed by atoms with Crippen LogP contribution in [0, 0.1) is 5.82 Å². The highest BCUT2D eigenvalue weighted by molar-refractivity contribution is 7.89. The van der Waals surface area contributed by atoms with Crippen LogP contribution in [0.4, 0.5) is 10.1 Å². The molecule has 150 valence electrons. The molecule has 1 aliphatic rings. The highest BCUT2D eigenvalue weighted by Crippen LogP contribution is 2.30. The lowest BCUT2D eigenvalue weighted by atomic mass is 10.1. The molecule has 3 rings (SSSR count). The Morgan fingerprint density at radius 3 is 2.50 bits per heavy atom. The van der Waals surface area contributed by atoms with E-state index in [1.165, 1.54) is 25.1 Å². The average Bonchev–Trinajstić information content (AvgIpc) is 3.06. The van der Waals surface area contributed by atoms with Crippen LogP contribution < -0.4 is 9.62 Å². The van der Waals surface area contributed by atoms with Crippen molar-refractivity contribution in [2.24, 2.45) is 0 Å². The highest BCUT2D eigenvalue weighted by atomic mass is 32.2. The fourth-order valence-electron chi connectivity index (χ4n) is 3.43. The number of likely N-dealkylation sites (N-methyl/N-ethyl adjacent to an activating group) is 1. The molecule has 8 heteroatoms. The molecule has 1 amide bonds. The third kappa shape index (κ3) is 4.24. The molecule has 0 spiro atoms. The van der Waals surface area contributed by atoms with E-state index in [1.807, 2.05) is 19.0 Å². The standard InChI is InChI=1S/C20H24FN3O3S/c1-14(25)24-11-10-16-12-18(8-9-19(16)24)28(26,27)22-13-20(23(2)3)15-4-6-17(21)7-5-15/h4-9,12,20,22H,10-11,13H2,1-3H3. The number of benzene rings is 2. The summed E-state index contributed by atoms with van der Waals surface area (Å²) in [6, 6.07) is 10.6. The van der Waals surface area contributed by atoms with Gasteiger partial charge in [0.25, 0.3) is 0 Å². The Labute approximate surface area is 165 Å². The first-order valence-corrected chi connectivity index (χ1v) is 10.5. The van der Waals surface area contributed by atoms with Crippen molar-refractivity contribution >= 4 is 21.6 Å². The second-order valence-corrected chi connectivity index (χ2v) is 8.86. The second kappa shape index (κ2) is 7.98. The van der Waals surface area contributed by atoms with Crippen molar-refractivity contribution in [1.82, 2.24) is 9.62 Å². The van der Waals surface area contributed by atoms with Crippen LogP contribution in [0.5, 0.6) is 0 Å². The van der Waals surface area contributed by atoms with Crippen LogP contribution in [-0.4, -0.2) is 46.4 Å². The maximum Gasteiger partial charge on any atom is 0.240 e. The fourth-order valence-corrected chi connectivity index (χ4v) is 4.52. The Morgan fingerprint density at radius 1 is 1.21 bits per heavy atom. The molecule has 0 saturated heterocycles. The highest BCUT2D eigenvalue weighted by Gasteiger charge is 2.25. The van der Waals surface area contributed by atoms with Gasteiger partial charge in [-0.3, -0.25) is 4.79 Å². The Morgan fingerprint density at radius 2 is 1.89 bits per heavy atom. The number of hydrogen-bond donors (Lipinski definition) is 1. The van der Waals surface area contributed by atoms with Crippen LogP contribution in [-0.2, 0) is 21.2 Å². The van der Waals surface area contributed by atoms with Crippen molar-refractivity contribution in [3.63, 3.8) is 0 Å². The summed E-state index contributed by atoms with van der Waals surface area (Å²) in [5.41, 5.74) is 2.44. The van der Waals surface area contributed by atoms with Gasteiger partial charge in [-0.15, -0.1) is 0 Å². The summed E-state index contributed by atoms with van der Waals surface area (Å²) in [4.78, 5) is 15.4. The molecule has 0 bridgehead atoms. The van der Waals surface area contributed by atoms with Gasteiger partial charge in [0.2, 0.25) is 15.9 Å². The van der Waals surface area contributed by atoms with Crippen LogP contribution in [0.25, 0.3) is 0 Å². The lowest BCUT2D eigenvalue weighted by Gasteiger charge is -2.25. The number of hydrogen-bond acceptors (Lipinski definition) is 4. The van der Waals surface area contributed by atoms with Crippen LogP contribution in [0.2, 0.25) is 0 Å². The van der Waals surface area contributed by atoms with Gasteiger partial charge in [-0.2, -0.15) is 0 Å². The summed E-state index contributed by atoms with van der Waals surface area (Å²) in [6.07, 6.45) is 0.633. The number of halogens is 1. The molecule has 1 N–H and O–H groups in total. The van der Waals surface area contributed by atoms with E-state index in [-0.39, 0.29) is 29.2 Å². The van der Waals surface area contributed by atoms with Crippen molar-refractivity contribution in [3.8, 4) is 0 Å². The number of anilines is 1. The van der Waals surface area contributed by atoms with Crippen LogP contribution >= 0.6 is 0 Å². The lowest BCUT2D eigenvalue weighted by Crippen LogP contribution is -2.34. The molecule has 1 aliphatic heterocycles. The molecule has 2 aromatic carbocycles. The molecular formula is C20H24FN3O3S. The Bertz CT molecular complexity index is 975. The van der Waals surface area contributed by atoms with E-state index in [4.69, 9.17) is 0 Å². The minimum absolute atomic E-state index is 0.0550. The molecule has 0 saturated carbocycles. The number of amides is 1. The van der Waals surface area contributed by atoms with Crippen molar-refractivity contribution in [1.29, 1.82) is 0 Å². The Kier molecular flexibility index (Phi) is 5.83. The van der Waals surface area contributed by atoms with Gasteiger partial charge in [-0.25, -0.2) is 17.5 Å². The van der Waals surface area contributed by atoms with Gasteiger partial charge in [0.15, 0.2) is 0 Å². The summed E-state index contributed by atoms with van der Waals surface area (Å²) in [7, 11) is -0.0359. The lowest BCUT2D eigenvalue weighted by molar-refractivity contribution is -0.116. The van der Waals surface area contributed by atoms with Crippen molar-refractivity contribution in [2.75, 3.05) is 32.1 Å². The predicted molar refractivity (Wildman–Crippen MR) is 106 cm³/mol. The zero-order valence-corrected chi connectivity index (χ0v) is 17.0. The maximum absolute atomic E-state index is 13.2. The normalized spacial score (nSPS) is 15.0. The van der Waals surface area contributed by atoms with Crippen LogP contribution in [0.15, 0.2) is 47.4 Å². The molecule has 1 heterocycles. The van der Waals surface area contributed by atoms with E-state index in [1.54, 1.807) is 29.2 Å². The summed E-state index contributed by atoms with van der Waals surface area (Å²) in [5, 5.41) is 0. The zero-order chi connectivity index (χ0) is 20.5. The van der Waals surface area contributed by atoms with E-state index in [0.717, 1.165) is 16.8 Å². The topological polar surface area (TPSA) is 69.7 Å². The summed E-state index contributed by atoms with van der Waals surface area (Å²) in [6.45, 7) is 2.21. The maximum atomic E-state index is 13.2. The number of sulfonamides is 1.